The molecule has 1 aromatic carbocycles. The molecule has 3 rings (SSSR count). The first-order chi connectivity index (χ1) is 11.6. The van der Waals surface area contributed by atoms with Crippen LogP contribution >= 0.6 is 0 Å². The molecule has 1 fully saturated rings. The van der Waals surface area contributed by atoms with Crippen LogP contribution in [0.2, 0.25) is 0 Å². The molecule has 1 aliphatic carbocycles. The number of aliphatic hydroxyl groups excluding tert-OH is 1. The van der Waals surface area contributed by atoms with Crippen molar-refractivity contribution in [2.45, 2.75) is 36.6 Å². The number of hydrogen-bond donors (Lipinski definition) is 1. The Morgan fingerprint density at radius 2 is 1.68 bits per heavy atom. The highest BCUT2D eigenvalue weighted by atomic mass is 19.4. The second-order valence-corrected chi connectivity index (χ2v) is 6.09. The van der Waals surface area contributed by atoms with Gasteiger partial charge in [0.25, 0.3) is 0 Å². The SMILES string of the molecule is O[C@@H](c1ccccn1)C1(c2ccc(OC(F)(F)F)cc2)CC(F)(F)C1. The van der Waals surface area contributed by atoms with Crippen molar-refractivity contribution in [2.24, 2.45) is 0 Å². The fourth-order valence-electron chi connectivity index (χ4n) is 3.24. The molecular formula is C17H14F5NO2. The van der Waals surface area contributed by atoms with Gasteiger partial charge in [-0.15, -0.1) is 13.2 Å². The molecule has 0 amide bonds. The van der Waals surface area contributed by atoms with Gasteiger partial charge >= 0.3 is 6.36 Å². The third-order valence-electron chi connectivity index (χ3n) is 4.30. The second kappa shape index (κ2) is 5.94. The maximum absolute atomic E-state index is 13.6. The highest BCUT2D eigenvalue weighted by molar-refractivity contribution is 5.38. The fraction of sp³-hybridized carbons (Fsp3) is 0.353. The van der Waals surface area contributed by atoms with Crippen molar-refractivity contribution in [2.75, 3.05) is 0 Å². The largest absolute Gasteiger partial charge is 0.573 e. The van der Waals surface area contributed by atoms with Crippen molar-refractivity contribution in [3.05, 3.63) is 59.9 Å². The molecule has 0 saturated heterocycles. The number of ether oxygens (including phenoxy) is 1. The molecule has 1 heterocycles. The summed E-state index contributed by atoms with van der Waals surface area (Å²) in [6, 6.07) is 9.39. The van der Waals surface area contributed by atoms with Gasteiger partial charge < -0.3 is 9.84 Å². The first-order valence-corrected chi connectivity index (χ1v) is 7.44. The molecule has 0 unspecified atom stereocenters. The second-order valence-electron chi connectivity index (χ2n) is 6.09. The van der Waals surface area contributed by atoms with E-state index in [4.69, 9.17) is 0 Å². The molecule has 0 spiro atoms. The van der Waals surface area contributed by atoms with Crippen molar-refractivity contribution in [3.8, 4) is 5.75 Å². The Bertz CT molecular complexity index is 723. The van der Waals surface area contributed by atoms with Crippen LogP contribution in [0.4, 0.5) is 22.0 Å². The number of hydrogen-bond acceptors (Lipinski definition) is 3. The first kappa shape index (κ1) is 17.6. The Balaban J connectivity index is 1.92. The van der Waals surface area contributed by atoms with Crippen LogP contribution in [-0.2, 0) is 5.41 Å². The van der Waals surface area contributed by atoms with Crippen molar-refractivity contribution >= 4 is 0 Å². The maximum Gasteiger partial charge on any atom is 0.573 e. The lowest BCUT2D eigenvalue weighted by Gasteiger charge is -2.50. The summed E-state index contributed by atoms with van der Waals surface area (Å²) in [5, 5.41) is 10.6. The van der Waals surface area contributed by atoms with E-state index in [0.717, 1.165) is 12.1 Å². The first-order valence-electron chi connectivity index (χ1n) is 7.44. The molecule has 0 bridgehead atoms. The average molecular weight is 359 g/mol. The average Bonchev–Trinajstić information content (AvgIpc) is 2.51. The van der Waals surface area contributed by atoms with Gasteiger partial charge in [-0.1, -0.05) is 18.2 Å². The summed E-state index contributed by atoms with van der Waals surface area (Å²) in [6.07, 6.45) is -5.93. The van der Waals surface area contributed by atoms with Crippen molar-refractivity contribution < 1.29 is 31.8 Å². The van der Waals surface area contributed by atoms with Gasteiger partial charge in [-0.05, 0) is 29.8 Å². The number of aliphatic hydroxyl groups is 1. The minimum absolute atomic E-state index is 0.230. The summed E-state index contributed by atoms with van der Waals surface area (Å²) in [7, 11) is 0. The van der Waals surface area contributed by atoms with Crippen LogP contribution in [0.5, 0.6) is 5.75 Å². The molecule has 1 saturated carbocycles. The zero-order valence-corrected chi connectivity index (χ0v) is 12.8. The summed E-state index contributed by atoms with van der Waals surface area (Å²) in [4.78, 5) is 4.00. The van der Waals surface area contributed by atoms with Crippen LogP contribution < -0.4 is 4.74 Å². The predicted molar refractivity (Wildman–Crippen MR) is 78.2 cm³/mol. The summed E-state index contributed by atoms with van der Waals surface area (Å²) in [6.45, 7) is 0. The number of nitrogens with zero attached hydrogens (tertiary/aromatic N) is 1. The molecular weight excluding hydrogens is 345 g/mol. The van der Waals surface area contributed by atoms with Crippen LogP contribution in [0.25, 0.3) is 0 Å². The standard InChI is InChI=1S/C17H14F5NO2/c18-16(19)9-15(10-16,14(24)13-3-1-2-8-23-13)11-4-6-12(7-5-11)25-17(20,21)22/h1-8,14,24H,9-10H2/t14-/m0/s1. The predicted octanol–water partition coefficient (Wildman–Crippen LogP) is 4.38. The zero-order chi connectivity index (χ0) is 18.3. The lowest BCUT2D eigenvalue weighted by Crippen LogP contribution is -2.53. The maximum atomic E-state index is 13.6. The Labute approximate surface area is 140 Å². The van der Waals surface area contributed by atoms with E-state index >= 15 is 0 Å². The van der Waals surface area contributed by atoms with Gasteiger partial charge in [0.15, 0.2) is 0 Å². The summed E-state index contributed by atoms with van der Waals surface area (Å²) >= 11 is 0. The molecule has 1 aliphatic rings. The number of benzene rings is 1. The molecule has 3 nitrogen and oxygen atoms in total. The number of pyridine rings is 1. The van der Waals surface area contributed by atoms with Crippen molar-refractivity contribution in [1.29, 1.82) is 0 Å². The van der Waals surface area contributed by atoms with Crippen molar-refractivity contribution in [1.82, 2.24) is 4.98 Å². The van der Waals surface area contributed by atoms with Gasteiger partial charge in [-0.25, -0.2) is 8.78 Å². The van der Waals surface area contributed by atoms with Crippen LogP contribution in [0, 0.1) is 0 Å². The monoisotopic (exact) mass is 359 g/mol. The zero-order valence-electron chi connectivity index (χ0n) is 12.8. The van der Waals surface area contributed by atoms with Crippen molar-refractivity contribution in [3.63, 3.8) is 0 Å². The van der Waals surface area contributed by atoms with Gasteiger partial charge in [0, 0.05) is 24.5 Å². The van der Waals surface area contributed by atoms with E-state index in [-0.39, 0.29) is 5.69 Å². The van der Waals surface area contributed by atoms with Crippen LogP contribution in [0.1, 0.15) is 30.2 Å². The Morgan fingerprint density at radius 3 is 2.16 bits per heavy atom. The number of halogens is 5. The molecule has 1 N–H and O–H groups in total. The molecule has 1 aromatic heterocycles. The summed E-state index contributed by atoms with van der Waals surface area (Å²) in [5.41, 5.74) is -0.769. The summed E-state index contributed by atoms with van der Waals surface area (Å²) < 4.78 is 67.7. The smallest absolute Gasteiger partial charge is 0.406 e. The van der Waals surface area contributed by atoms with Gasteiger partial charge in [-0.2, -0.15) is 0 Å². The normalized spacial score (nSPS) is 19.8. The highest BCUT2D eigenvalue weighted by Gasteiger charge is 2.61. The van der Waals surface area contributed by atoms with E-state index in [1.54, 1.807) is 12.1 Å². The lowest BCUT2D eigenvalue weighted by molar-refractivity contribution is -0.274. The highest BCUT2D eigenvalue weighted by Crippen LogP contribution is 2.59. The summed E-state index contributed by atoms with van der Waals surface area (Å²) in [5.74, 6) is -3.40. The quantitative estimate of drug-likeness (QED) is 0.824. The van der Waals surface area contributed by atoms with Crippen LogP contribution in [0.15, 0.2) is 48.7 Å². The molecule has 0 radical (unpaired) electrons. The Hall–Kier alpha value is -2.22. The molecule has 25 heavy (non-hydrogen) atoms. The Kier molecular flexibility index (Phi) is 4.18. The number of aromatic nitrogens is 1. The van der Waals surface area contributed by atoms with Crippen LogP contribution in [-0.4, -0.2) is 22.4 Å². The van der Waals surface area contributed by atoms with Gasteiger partial charge in [-0.3, -0.25) is 4.98 Å². The lowest BCUT2D eigenvalue weighted by atomic mass is 9.58. The van der Waals surface area contributed by atoms with E-state index in [2.05, 4.69) is 9.72 Å². The fourth-order valence-corrected chi connectivity index (χ4v) is 3.24. The third-order valence-corrected chi connectivity index (χ3v) is 4.30. The van der Waals surface area contributed by atoms with E-state index in [1.165, 1.54) is 24.4 Å². The molecule has 2 aromatic rings. The Morgan fingerprint density at radius 1 is 1.04 bits per heavy atom. The topological polar surface area (TPSA) is 42.4 Å². The third kappa shape index (κ3) is 3.58. The number of alkyl halides is 5. The molecule has 0 aliphatic heterocycles. The van der Waals surface area contributed by atoms with E-state index < -0.39 is 42.4 Å². The van der Waals surface area contributed by atoms with Crippen LogP contribution in [0.3, 0.4) is 0 Å². The minimum Gasteiger partial charge on any atom is -0.406 e. The molecule has 8 heteroatoms. The minimum atomic E-state index is -4.84. The van der Waals surface area contributed by atoms with Gasteiger partial charge in [0.1, 0.15) is 11.9 Å². The van der Waals surface area contributed by atoms with E-state index in [1.807, 2.05) is 0 Å². The van der Waals surface area contributed by atoms with Gasteiger partial charge in [0.2, 0.25) is 5.92 Å². The van der Waals surface area contributed by atoms with Gasteiger partial charge in [0.05, 0.1) is 5.69 Å². The van der Waals surface area contributed by atoms with E-state index in [0.29, 0.717) is 5.56 Å². The van der Waals surface area contributed by atoms with E-state index in [9.17, 15) is 27.1 Å². The number of rotatable bonds is 4. The molecule has 134 valence electrons. The molecule has 1 atom stereocenters.